The molecule has 194 valence electrons. The second-order valence-corrected chi connectivity index (χ2v) is 10.3. The van der Waals surface area contributed by atoms with E-state index in [9.17, 15) is 9.59 Å². The number of nitrogens with one attached hydrogen (secondary N) is 1. The lowest BCUT2D eigenvalue weighted by atomic mass is 10.1. The van der Waals surface area contributed by atoms with Gasteiger partial charge >= 0.3 is 12.0 Å². The molecule has 7 heteroatoms. The molecule has 1 atom stereocenters. The van der Waals surface area contributed by atoms with Gasteiger partial charge in [-0.25, -0.2) is 4.79 Å². The van der Waals surface area contributed by atoms with Crippen molar-refractivity contribution in [1.29, 1.82) is 0 Å². The van der Waals surface area contributed by atoms with Crippen LogP contribution in [0.2, 0.25) is 0 Å². The fourth-order valence-corrected chi connectivity index (χ4v) is 4.99. The summed E-state index contributed by atoms with van der Waals surface area (Å²) in [5, 5.41) is 12.1. The maximum absolute atomic E-state index is 13.7. The van der Waals surface area contributed by atoms with E-state index in [1.807, 2.05) is 129 Å². The number of carboxylic acid groups (broad SMARTS) is 1. The van der Waals surface area contributed by atoms with E-state index in [2.05, 4.69) is 5.32 Å². The molecule has 38 heavy (non-hydrogen) atoms. The quantitative estimate of drug-likeness (QED) is 0.239. The molecule has 0 bridgehead atoms. The van der Waals surface area contributed by atoms with Crippen molar-refractivity contribution in [3.63, 3.8) is 0 Å². The van der Waals surface area contributed by atoms with Crippen LogP contribution in [-0.4, -0.2) is 31.2 Å². The van der Waals surface area contributed by atoms with Crippen LogP contribution in [0.5, 0.6) is 0 Å². The van der Waals surface area contributed by atoms with E-state index in [0.29, 0.717) is 5.69 Å². The molecule has 0 saturated carbocycles. The van der Waals surface area contributed by atoms with Crippen LogP contribution in [0, 0.1) is 0 Å². The third kappa shape index (κ3) is 6.95. The maximum atomic E-state index is 13.7. The van der Waals surface area contributed by atoms with Crippen molar-refractivity contribution >= 4 is 40.8 Å². The lowest BCUT2D eigenvalue weighted by molar-refractivity contribution is -0.136. The Morgan fingerprint density at radius 2 is 1.47 bits per heavy atom. The van der Waals surface area contributed by atoms with Gasteiger partial charge in [-0.15, -0.1) is 0 Å². The fourth-order valence-electron chi connectivity index (χ4n) is 4.12. The highest BCUT2D eigenvalue weighted by Gasteiger charge is 2.24. The highest BCUT2D eigenvalue weighted by Crippen LogP contribution is 2.32. The van der Waals surface area contributed by atoms with E-state index in [1.165, 1.54) is 0 Å². The van der Waals surface area contributed by atoms with Gasteiger partial charge in [-0.1, -0.05) is 60.3 Å². The van der Waals surface area contributed by atoms with Gasteiger partial charge in [0.25, 0.3) is 0 Å². The molecule has 0 saturated heterocycles. The van der Waals surface area contributed by atoms with Crippen molar-refractivity contribution < 1.29 is 14.7 Å². The Kier molecular flexibility index (Phi) is 8.71. The van der Waals surface area contributed by atoms with Crippen molar-refractivity contribution in [2.24, 2.45) is 0 Å². The smallest absolute Gasteiger partial charge is 0.326 e. The minimum atomic E-state index is -0.849. The van der Waals surface area contributed by atoms with Crippen LogP contribution in [0.15, 0.2) is 113 Å². The summed E-state index contributed by atoms with van der Waals surface area (Å²) in [5.41, 5.74) is 4.35. The molecule has 0 aliphatic heterocycles. The summed E-state index contributed by atoms with van der Waals surface area (Å²) in [4.78, 5) is 30.4. The average molecular weight is 526 g/mol. The Balaban J connectivity index is 1.54. The number of urea groups is 1. The second kappa shape index (κ2) is 12.3. The van der Waals surface area contributed by atoms with E-state index >= 15 is 0 Å². The number of rotatable bonds is 9. The first-order valence-electron chi connectivity index (χ1n) is 12.3. The van der Waals surface area contributed by atoms with E-state index < -0.39 is 5.97 Å². The first-order valence-corrected chi connectivity index (χ1v) is 13.1. The number of hydrogen-bond acceptors (Lipinski definition) is 4. The average Bonchev–Trinajstić information content (AvgIpc) is 2.90. The van der Waals surface area contributed by atoms with Gasteiger partial charge in [-0.2, -0.15) is 0 Å². The lowest BCUT2D eigenvalue weighted by Gasteiger charge is -2.30. The van der Waals surface area contributed by atoms with Gasteiger partial charge in [0.1, 0.15) is 0 Å². The molecule has 0 aliphatic rings. The summed E-state index contributed by atoms with van der Waals surface area (Å²) in [6, 6.07) is 32.7. The van der Waals surface area contributed by atoms with Gasteiger partial charge in [0.05, 0.1) is 12.5 Å². The molecule has 1 unspecified atom stereocenters. The molecule has 0 heterocycles. The Bertz CT molecular complexity index is 1370. The zero-order valence-corrected chi connectivity index (χ0v) is 22.5. The molecular weight excluding hydrogens is 494 g/mol. The van der Waals surface area contributed by atoms with Crippen LogP contribution in [0.4, 0.5) is 21.9 Å². The monoisotopic (exact) mass is 525 g/mol. The van der Waals surface area contributed by atoms with Gasteiger partial charge in [0.2, 0.25) is 0 Å². The predicted molar refractivity (Wildman–Crippen MR) is 155 cm³/mol. The summed E-state index contributed by atoms with van der Waals surface area (Å²) < 4.78 is 0. The van der Waals surface area contributed by atoms with Crippen LogP contribution in [0.25, 0.3) is 0 Å². The summed E-state index contributed by atoms with van der Waals surface area (Å²) in [7, 11) is 3.98. The molecule has 0 radical (unpaired) electrons. The number of anilines is 3. The molecule has 0 fully saturated rings. The molecule has 0 aromatic heterocycles. The zero-order chi connectivity index (χ0) is 27.1. The van der Waals surface area contributed by atoms with Crippen LogP contribution in [0.3, 0.4) is 0 Å². The highest BCUT2D eigenvalue weighted by atomic mass is 32.2. The first kappa shape index (κ1) is 26.8. The summed E-state index contributed by atoms with van der Waals surface area (Å²) in [5.74, 6) is -0.849. The Morgan fingerprint density at radius 1 is 0.816 bits per heavy atom. The molecule has 4 rings (SSSR count). The van der Waals surface area contributed by atoms with E-state index in [0.717, 1.165) is 32.3 Å². The van der Waals surface area contributed by atoms with Gasteiger partial charge < -0.3 is 15.3 Å². The number of benzene rings is 4. The normalized spacial score (nSPS) is 11.4. The standard InChI is InChI=1S/C31H31N3O3S/c1-22(24-8-5-4-6-9-24)34(27-16-14-26(15-17-27)33(2)3)31(37)32-25-10-7-11-29(21-25)38-28-18-12-23(13-19-28)20-30(35)36/h4-19,21-22H,20H2,1-3H3,(H,32,37)(H,35,36). The van der Waals surface area contributed by atoms with Crippen molar-refractivity contribution in [3.8, 4) is 0 Å². The number of carbonyl (C=O) groups excluding carboxylic acids is 1. The maximum Gasteiger partial charge on any atom is 0.326 e. The lowest BCUT2D eigenvalue weighted by Crippen LogP contribution is -2.37. The van der Waals surface area contributed by atoms with Gasteiger partial charge in [0, 0.05) is 40.9 Å². The minimum absolute atomic E-state index is 0.00222. The third-order valence-corrected chi connectivity index (χ3v) is 7.13. The highest BCUT2D eigenvalue weighted by molar-refractivity contribution is 7.99. The second-order valence-electron chi connectivity index (χ2n) is 9.14. The number of nitrogens with zero attached hydrogens (tertiary/aromatic N) is 2. The van der Waals surface area contributed by atoms with Crippen LogP contribution in [0.1, 0.15) is 24.1 Å². The fraction of sp³-hybridized carbons (Fsp3) is 0.161. The molecule has 0 spiro atoms. The van der Waals surface area contributed by atoms with Crippen LogP contribution < -0.4 is 15.1 Å². The topological polar surface area (TPSA) is 72.9 Å². The molecule has 2 N–H and O–H groups in total. The molecule has 2 amide bonds. The van der Waals surface area contributed by atoms with Crippen molar-refractivity contribution in [2.45, 2.75) is 29.2 Å². The molecule has 4 aromatic carbocycles. The van der Waals surface area contributed by atoms with Crippen LogP contribution >= 0.6 is 11.8 Å². The summed E-state index contributed by atoms with van der Waals surface area (Å²) in [6.07, 6.45) is 0.00222. The largest absolute Gasteiger partial charge is 0.481 e. The summed E-state index contributed by atoms with van der Waals surface area (Å²) >= 11 is 1.55. The summed E-state index contributed by atoms with van der Waals surface area (Å²) in [6.45, 7) is 2.02. The van der Waals surface area contributed by atoms with E-state index in [4.69, 9.17) is 5.11 Å². The zero-order valence-electron chi connectivity index (χ0n) is 21.7. The van der Waals surface area contributed by atoms with Crippen molar-refractivity contribution in [2.75, 3.05) is 29.2 Å². The minimum Gasteiger partial charge on any atom is -0.481 e. The number of aliphatic carboxylic acids is 1. The molecule has 6 nitrogen and oxygen atoms in total. The van der Waals surface area contributed by atoms with Crippen molar-refractivity contribution in [3.05, 3.63) is 114 Å². The van der Waals surface area contributed by atoms with Gasteiger partial charge in [-0.3, -0.25) is 9.69 Å². The van der Waals surface area contributed by atoms with E-state index in [1.54, 1.807) is 16.7 Å². The van der Waals surface area contributed by atoms with E-state index in [-0.39, 0.29) is 18.5 Å². The van der Waals surface area contributed by atoms with Crippen LogP contribution in [-0.2, 0) is 11.2 Å². The Labute approximate surface area is 227 Å². The Morgan fingerprint density at radius 3 is 2.11 bits per heavy atom. The number of hydrogen-bond donors (Lipinski definition) is 2. The number of carbonyl (C=O) groups is 2. The number of amides is 2. The Hall–Kier alpha value is -4.23. The van der Waals surface area contributed by atoms with Gasteiger partial charge in [-0.05, 0) is 72.6 Å². The molecular formula is C31H31N3O3S. The molecule has 0 aliphatic carbocycles. The first-order chi connectivity index (χ1) is 18.3. The predicted octanol–water partition coefficient (Wildman–Crippen LogP) is 7.33. The SMILES string of the molecule is CC(c1ccccc1)N(C(=O)Nc1cccc(Sc2ccc(CC(=O)O)cc2)c1)c1ccc(N(C)C)cc1. The van der Waals surface area contributed by atoms with Gasteiger partial charge in [0.15, 0.2) is 0 Å². The third-order valence-electron chi connectivity index (χ3n) is 6.13. The molecule has 4 aromatic rings. The van der Waals surface area contributed by atoms with Crippen molar-refractivity contribution in [1.82, 2.24) is 0 Å². The number of carboxylic acids is 1.